The first-order chi connectivity index (χ1) is 14.9. The predicted octanol–water partition coefficient (Wildman–Crippen LogP) is 2.95. The zero-order valence-corrected chi connectivity index (χ0v) is 18.4. The Bertz CT molecular complexity index is 1200. The molecule has 3 heterocycles. The van der Waals surface area contributed by atoms with E-state index in [0.717, 1.165) is 25.0 Å². The Morgan fingerprint density at radius 2 is 1.97 bits per heavy atom. The third-order valence-electron chi connectivity index (χ3n) is 6.18. The molecule has 5 rings (SSSR count). The van der Waals surface area contributed by atoms with Crippen molar-refractivity contribution in [2.24, 2.45) is 7.05 Å². The van der Waals surface area contributed by atoms with E-state index in [0.29, 0.717) is 41.2 Å². The summed E-state index contributed by atoms with van der Waals surface area (Å²) < 4.78 is 30.0. The van der Waals surface area contributed by atoms with Gasteiger partial charge in [-0.05, 0) is 43.9 Å². The number of fused-ring (bicyclic) bond motifs is 1. The van der Waals surface area contributed by atoms with Crippen LogP contribution in [0.1, 0.15) is 59.4 Å². The summed E-state index contributed by atoms with van der Waals surface area (Å²) in [6.45, 7) is 0.419. The van der Waals surface area contributed by atoms with Gasteiger partial charge in [-0.15, -0.1) is 4.31 Å². The molecule has 31 heavy (non-hydrogen) atoms. The SMILES string of the molecule is CNC(=O)c1cc(C2CC2)nc2c1c(C1CCCN1[S+](=O)([O-])c1ccccc1)nn2C. The summed E-state index contributed by atoms with van der Waals surface area (Å²) in [7, 11) is -0.282. The van der Waals surface area contributed by atoms with Gasteiger partial charge in [-0.3, -0.25) is 9.48 Å². The van der Waals surface area contributed by atoms with Crippen LogP contribution in [0.25, 0.3) is 11.0 Å². The smallest absolute Gasteiger partial charge is 0.251 e. The lowest BCUT2D eigenvalue weighted by Crippen LogP contribution is -2.36. The van der Waals surface area contributed by atoms with Crippen LogP contribution < -0.4 is 5.32 Å². The van der Waals surface area contributed by atoms with Crippen molar-refractivity contribution in [1.29, 1.82) is 0 Å². The number of aromatic nitrogens is 3. The number of hydrogen-bond acceptors (Lipinski definition) is 5. The van der Waals surface area contributed by atoms with Crippen LogP contribution in [0.4, 0.5) is 0 Å². The minimum Gasteiger partial charge on any atom is -0.593 e. The molecule has 1 saturated carbocycles. The van der Waals surface area contributed by atoms with Crippen LogP contribution in [0, 0.1) is 0 Å². The van der Waals surface area contributed by atoms with Crippen molar-refractivity contribution < 1.29 is 13.6 Å². The predicted molar refractivity (Wildman–Crippen MR) is 116 cm³/mol. The average molecular weight is 440 g/mol. The second kappa shape index (κ2) is 7.51. The molecule has 1 amide bonds. The van der Waals surface area contributed by atoms with Crippen molar-refractivity contribution in [3.63, 3.8) is 0 Å². The average Bonchev–Trinajstić information content (AvgIpc) is 3.42. The van der Waals surface area contributed by atoms with Gasteiger partial charge in [0.15, 0.2) is 20.9 Å². The molecule has 1 aliphatic carbocycles. The Kier molecular flexibility index (Phi) is 4.91. The zero-order valence-electron chi connectivity index (χ0n) is 17.6. The molecule has 8 nitrogen and oxygen atoms in total. The van der Waals surface area contributed by atoms with Crippen LogP contribution in [-0.2, 0) is 21.7 Å². The summed E-state index contributed by atoms with van der Waals surface area (Å²) in [5.41, 5.74) is 2.65. The molecule has 2 fully saturated rings. The Balaban J connectivity index is 1.66. The number of amides is 1. The second-order valence-corrected chi connectivity index (χ2v) is 10.1. The molecule has 3 aromatic rings. The van der Waals surface area contributed by atoms with Crippen molar-refractivity contribution >= 4 is 27.3 Å². The summed E-state index contributed by atoms with van der Waals surface area (Å²) in [6.07, 6.45) is 3.53. The van der Waals surface area contributed by atoms with Crippen molar-refractivity contribution in [2.75, 3.05) is 13.6 Å². The molecule has 1 N–H and O–H groups in total. The van der Waals surface area contributed by atoms with Gasteiger partial charge < -0.3 is 9.87 Å². The Morgan fingerprint density at radius 3 is 2.65 bits per heavy atom. The molecule has 1 aliphatic heterocycles. The van der Waals surface area contributed by atoms with Gasteiger partial charge in [-0.2, -0.15) is 5.10 Å². The maximum absolute atomic E-state index is 13.4. The molecule has 2 atom stereocenters. The van der Waals surface area contributed by atoms with Gasteiger partial charge in [0.2, 0.25) is 0 Å². The van der Waals surface area contributed by atoms with E-state index in [-0.39, 0.29) is 10.8 Å². The minimum absolute atomic E-state index is 0.209. The molecule has 9 heteroatoms. The fourth-order valence-corrected chi connectivity index (χ4v) is 6.14. The highest BCUT2D eigenvalue weighted by Gasteiger charge is 2.43. The number of carbonyl (C=O) groups is 1. The van der Waals surface area contributed by atoms with Crippen molar-refractivity contribution in [3.8, 4) is 0 Å². The van der Waals surface area contributed by atoms with Gasteiger partial charge in [0, 0.05) is 32.3 Å². The van der Waals surface area contributed by atoms with Gasteiger partial charge in [-0.25, -0.2) is 4.98 Å². The normalized spacial score (nSPS) is 21.3. The van der Waals surface area contributed by atoms with Crippen LogP contribution in [0.15, 0.2) is 41.3 Å². The van der Waals surface area contributed by atoms with Crippen molar-refractivity contribution in [3.05, 3.63) is 53.3 Å². The standard InChI is InChI=1S/C22H25N5O3S/c1-23-22(28)16-13-17(14-10-11-14)24-21-19(16)20(25-26(21)2)18-9-6-12-27(18)31(29,30)15-7-4-3-5-8-15/h3-5,7-8,13-14,18H,6,9-12H2,1-2H3,(H-,23,28,29,30). The summed E-state index contributed by atoms with van der Waals surface area (Å²) in [4.78, 5) is 17.9. The number of rotatable bonds is 5. The highest BCUT2D eigenvalue weighted by atomic mass is 32.3. The number of pyridine rings is 1. The largest absolute Gasteiger partial charge is 0.593 e. The quantitative estimate of drug-likeness (QED) is 0.616. The number of hydrogen-bond donors (Lipinski definition) is 1. The number of benzene rings is 1. The lowest BCUT2D eigenvalue weighted by atomic mass is 10.0. The van der Waals surface area contributed by atoms with Crippen LogP contribution in [-0.4, -0.2) is 43.1 Å². The van der Waals surface area contributed by atoms with Gasteiger partial charge in [0.05, 0.1) is 16.6 Å². The van der Waals surface area contributed by atoms with Crippen LogP contribution in [0.3, 0.4) is 0 Å². The molecular weight excluding hydrogens is 414 g/mol. The summed E-state index contributed by atoms with van der Waals surface area (Å²) in [5.74, 6) is 0.173. The minimum atomic E-state index is -3.68. The fraction of sp³-hybridized carbons (Fsp3) is 0.409. The topological polar surface area (TPSA) is 103 Å². The van der Waals surface area contributed by atoms with Crippen LogP contribution >= 0.6 is 0 Å². The third kappa shape index (κ3) is 3.37. The van der Waals surface area contributed by atoms with Gasteiger partial charge >= 0.3 is 0 Å². The summed E-state index contributed by atoms with van der Waals surface area (Å²) in [5, 5.41) is 8.06. The number of nitrogens with one attached hydrogen (secondary N) is 1. The van der Waals surface area contributed by atoms with E-state index in [1.165, 1.54) is 4.31 Å². The lowest BCUT2D eigenvalue weighted by molar-refractivity contribution is 0.0964. The molecule has 162 valence electrons. The van der Waals surface area contributed by atoms with Crippen LogP contribution in [0.5, 0.6) is 0 Å². The molecule has 1 aromatic carbocycles. The van der Waals surface area contributed by atoms with Crippen LogP contribution in [0.2, 0.25) is 0 Å². The first-order valence-electron chi connectivity index (χ1n) is 10.6. The van der Waals surface area contributed by atoms with E-state index >= 15 is 0 Å². The number of carbonyl (C=O) groups excluding carboxylic acids is 1. The third-order valence-corrected chi connectivity index (χ3v) is 8.10. The maximum atomic E-state index is 13.4. The number of aryl methyl sites for hydroxylation is 1. The summed E-state index contributed by atoms with van der Waals surface area (Å²) in [6, 6.07) is 9.88. The van der Waals surface area contributed by atoms with E-state index < -0.39 is 16.4 Å². The van der Waals surface area contributed by atoms with Gasteiger partial charge in [0.25, 0.3) is 5.91 Å². The Labute approximate surface area is 182 Å². The fourth-order valence-electron chi connectivity index (χ4n) is 4.46. The van der Waals surface area contributed by atoms with Crippen molar-refractivity contribution in [2.45, 2.75) is 42.5 Å². The molecule has 2 aliphatic rings. The molecule has 0 radical (unpaired) electrons. The van der Waals surface area contributed by atoms with Crippen molar-refractivity contribution in [1.82, 2.24) is 24.4 Å². The highest BCUT2D eigenvalue weighted by molar-refractivity contribution is 7.95. The van der Waals surface area contributed by atoms with E-state index in [1.54, 1.807) is 49.1 Å². The Morgan fingerprint density at radius 1 is 1.23 bits per heavy atom. The number of nitrogens with zero attached hydrogens (tertiary/aromatic N) is 4. The lowest BCUT2D eigenvalue weighted by Gasteiger charge is -2.28. The maximum Gasteiger partial charge on any atom is 0.251 e. The van der Waals surface area contributed by atoms with E-state index in [4.69, 9.17) is 10.1 Å². The van der Waals surface area contributed by atoms with E-state index in [2.05, 4.69) is 5.32 Å². The first-order valence-corrected chi connectivity index (χ1v) is 12.0. The zero-order chi connectivity index (χ0) is 21.8. The molecule has 0 bridgehead atoms. The number of sulfonamides is 1. The Hall–Kier alpha value is -2.62. The molecular formula is C22H25N5O3S. The first kappa shape index (κ1) is 20.3. The van der Waals surface area contributed by atoms with E-state index in [1.807, 2.05) is 6.07 Å². The molecule has 1 saturated heterocycles. The van der Waals surface area contributed by atoms with Gasteiger partial charge in [-0.1, -0.05) is 22.4 Å². The molecule has 2 aromatic heterocycles. The summed E-state index contributed by atoms with van der Waals surface area (Å²) >= 11 is 0. The second-order valence-electron chi connectivity index (χ2n) is 8.24. The molecule has 2 unspecified atom stereocenters. The monoisotopic (exact) mass is 439 g/mol. The van der Waals surface area contributed by atoms with Gasteiger partial charge in [0.1, 0.15) is 6.04 Å². The molecule has 0 spiro atoms. The highest BCUT2D eigenvalue weighted by Crippen LogP contribution is 2.43. The van der Waals surface area contributed by atoms with E-state index in [9.17, 15) is 13.6 Å².